The van der Waals surface area contributed by atoms with E-state index < -0.39 is 5.91 Å². The fourth-order valence-corrected chi connectivity index (χ4v) is 4.05. The normalized spacial score (nSPS) is 10.8. The summed E-state index contributed by atoms with van der Waals surface area (Å²) >= 11 is 0. The van der Waals surface area contributed by atoms with Crippen molar-refractivity contribution in [3.63, 3.8) is 0 Å². The molecule has 2 amide bonds. The van der Waals surface area contributed by atoms with Crippen LogP contribution in [0.15, 0.2) is 60.7 Å². The van der Waals surface area contributed by atoms with Crippen molar-refractivity contribution in [2.24, 2.45) is 5.73 Å². The van der Waals surface area contributed by atoms with Crippen LogP contribution in [-0.2, 0) is 13.0 Å². The number of anilines is 2. The third-order valence-corrected chi connectivity index (χ3v) is 6.00. The van der Waals surface area contributed by atoms with E-state index in [0.29, 0.717) is 41.3 Å². The van der Waals surface area contributed by atoms with Crippen LogP contribution >= 0.6 is 0 Å². The maximum Gasteiger partial charge on any atom is 0.255 e. The Morgan fingerprint density at radius 1 is 0.944 bits per heavy atom. The van der Waals surface area contributed by atoms with Gasteiger partial charge >= 0.3 is 0 Å². The lowest BCUT2D eigenvalue weighted by Gasteiger charge is -2.10. The molecule has 6 N–H and O–H groups in total. The minimum Gasteiger partial charge on any atom is -0.507 e. The first-order valence-electron chi connectivity index (χ1n) is 11.6. The molecule has 0 radical (unpaired) electrons. The molecule has 4 aromatic rings. The minimum absolute atomic E-state index is 0.179. The van der Waals surface area contributed by atoms with Gasteiger partial charge in [0, 0.05) is 24.2 Å². The zero-order valence-corrected chi connectivity index (χ0v) is 20.5. The second-order valence-electron chi connectivity index (χ2n) is 8.92. The Hall–Kier alpha value is -4.59. The molecule has 0 saturated heterocycles. The van der Waals surface area contributed by atoms with Gasteiger partial charge in [0.15, 0.2) is 5.82 Å². The molecule has 0 saturated carbocycles. The number of aromatic amines is 1. The highest BCUT2D eigenvalue weighted by molar-refractivity contribution is 6.04. The third-order valence-electron chi connectivity index (χ3n) is 6.00. The maximum atomic E-state index is 12.4. The topological polar surface area (TPSA) is 133 Å². The van der Waals surface area contributed by atoms with E-state index in [-0.39, 0.29) is 11.7 Å². The summed E-state index contributed by atoms with van der Waals surface area (Å²) < 4.78 is 0. The molecule has 0 aliphatic heterocycles. The number of amides is 2. The number of aryl methyl sites for hydroxylation is 3. The largest absolute Gasteiger partial charge is 0.507 e. The van der Waals surface area contributed by atoms with Crippen molar-refractivity contribution in [1.29, 1.82) is 0 Å². The monoisotopic (exact) mass is 483 g/mol. The number of benzene rings is 3. The average molecular weight is 484 g/mol. The molecule has 1 aromatic heterocycles. The molecule has 0 aliphatic carbocycles. The minimum atomic E-state index is -0.582. The number of rotatable bonds is 8. The van der Waals surface area contributed by atoms with Gasteiger partial charge in [-0.2, -0.15) is 5.10 Å². The quantitative estimate of drug-likeness (QED) is 0.250. The highest BCUT2D eigenvalue weighted by Crippen LogP contribution is 2.25. The second kappa shape index (κ2) is 10.4. The van der Waals surface area contributed by atoms with Gasteiger partial charge in [0.25, 0.3) is 11.8 Å². The van der Waals surface area contributed by atoms with E-state index in [9.17, 15) is 14.7 Å². The lowest BCUT2D eigenvalue weighted by Crippen LogP contribution is -2.15. The lowest BCUT2D eigenvalue weighted by molar-refractivity contribution is 0.0997. The maximum absolute atomic E-state index is 12.4. The number of aromatic hydroxyl groups is 1. The van der Waals surface area contributed by atoms with E-state index in [1.807, 2.05) is 69.3 Å². The van der Waals surface area contributed by atoms with Gasteiger partial charge in [-0.25, -0.2) is 0 Å². The van der Waals surface area contributed by atoms with Crippen LogP contribution < -0.4 is 16.4 Å². The van der Waals surface area contributed by atoms with Crippen LogP contribution in [0.4, 0.5) is 11.5 Å². The number of phenols is 1. The summed E-state index contributed by atoms with van der Waals surface area (Å²) in [7, 11) is 0. The molecule has 3 aromatic carbocycles. The number of hydrogen-bond acceptors (Lipinski definition) is 5. The molecule has 36 heavy (non-hydrogen) atoms. The van der Waals surface area contributed by atoms with E-state index in [0.717, 1.165) is 27.8 Å². The number of nitrogens with one attached hydrogen (secondary N) is 3. The summed E-state index contributed by atoms with van der Waals surface area (Å²) in [5.74, 6) is -0.106. The standard InChI is InChI=1S/C28H29N5O3/c1-16-4-8-21(9-5-16)28(36)31-22-10-6-19(7-11-22)14-23-24(26(29)35)27(33-32-23)30-15-20-12-17(2)25(34)18(3)13-20/h4-13,34H,14-15H2,1-3H3,(H2,29,35)(H,31,36)(H2,30,32,33). The Morgan fingerprint density at radius 2 is 1.58 bits per heavy atom. The SMILES string of the molecule is Cc1ccc(C(=O)Nc2ccc(Cc3[nH]nc(NCc4cc(C)c(O)c(C)c4)c3C(N)=O)cc2)cc1. The summed E-state index contributed by atoms with van der Waals surface area (Å²) in [5, 5.41) is 23.2. The summed E-state index contributed by atoms with van der Waals surface area (Å²) in [5.41, 5.74) is 12.4. The summed E-state index contributed by atoms with van der Waals surface area (Å²) in [6.45, 7) is 6.07. The van der Waals surface area contributed by atoms with Crippen LogP contribution in [0.25, 0.3) is 0 Å². The fraction of sp³-hybridized carbons (Fsp3) is 0.179. The smallest absolute Gasteiger partial charge is 0.255 e. The van der Waals surface area contributed by atoms with Crippen LogP contribution in [0.2, 0.25) is 0 Å². The Kier molecular flexibility index (Phi) is 7.05. The van der Waals surface area contributed by atoms with Crippen molar-refractivity contribution >= 4 is 23.3 Å². The van der Waals surface area contributed by atoms with Crippen molar-refractivity contribution in [3.8, 4) is 5.75 Å². The van der Waals surface area contributed by atoms with Crippen LogP contribution in [-0.4, -0.2) is 27.1 Å². The predicted octanol–water partition coefficient (Wildman–Crippen LogP) is 4.59. The molecule has 8 nitrogen and oxygen atoms in total. The molecular formula is C28H29N5O3. The van der Waals surface area contributed by atoms with Gasteiger partial charge in [-0.3, -0.25) is 14.7 Å². The molecule has 184 valence electrons. The first-order valence-corrected chi connectivity index (χ1v) is 11.6. The molecule has 0 atom stereocenters. The molecule has 0 fully saturated rings. The van der Waals surface area contributed by atoms with E-state index >= 15 is 0 Å². The number of nitrogens with two attached hydrogens (primary N) is 1. The second-order valence-corrected chi connectivity index (χ2v) is 8.92. The molecule has 0 aliphatic rings. The first-order chi connectivity index (χ1) is 17.2. The third kappa shape index (κ3) is 5.55. The van der Waals surface area contributed by atoms with Gasteiger partial charge in [-0.1, -0.05) is 42.0 Å². The zero-order valence-electron chi connectivity index (χ0n) is 20.5. The Labute approximate surface area is 209 Å². The molecular weight excluding hydrogens is 454 g/mol. The molecule has 0 unspecified atom stereocenters. The predicted molar refractivity (Wildman–Crippen MR) is 140 cm³/mol. The van der Waals surface area contributed by atoms with Gasteiger partial charge in [0.05, 0.1) is 5.69 Å². The van der Waals surface area contributed by atoms with Gasteiger partial charge in [0.2, 0.25) is 0 Å². The van der Waals surface area contributed by atoms with Crippen LogP contribution in [0, 0.1) is 20.8 Å². The molecule has 4 rings (SSSR count). The summed E-state index contributed by atoms with van der Waals surface area (Å²) in [6, 6.07) is 18.5. The number of hydrogen-bond donors (Lipinski definition) is 5. The fourth-order valence-electron chi connectivity index (χ4n) is 4.05. The first kappa shape index (κ1) is 24.5. The molecule has 1 heterocycles. The highest BCUT2D eigenvalue weighted by atomic mass is 16.3. The van der Waals surface area contributed by atoms with E-state index in [2.05, 4.69) is 20.8 Å². The van der Waals surface area contributed by atoms with Crippen LogP contribution in [0.5, 0.6) is 5.75 Å². The Balaban J connectivity index is 1.44. The van der Waals surface area contributed by atoms with Crippen LogP contribution in [0.1, 0.15) is 54.2 Å². The highest BCUT2D eigenvalue weighted by Gasteiger charge is 2.19. The number of carbonyl (C=O) groups excluding carboxylic acids is 2. The number of nitrogens with zero attached hydrogens (tertiary/aromatic N) is 1. The van der Waals surface area contributed by atoms with Gasteiger partial charge in [-0.05, 0) is 67.3 Å². The Bertz CT molecular complexity index is 1380. The number of primary amides is 1. The van der Waals surface area contributed by atoms with E-state index in [4.69, 9.17) is 5.73 Å². The summed E-state index contributed by atoms with van der Waals surface area (Å²) in [4.78, 5) is 24.7. The van der Waals surface area contributed by atoms with Crippen molar-refractivity contribution in [1.82, 2.24) is 10.2 Å². The van der Waals surface area contributed by atoms with E-state index in [1.165, 1.54) is 0 Å². The van der Waals surface area contributed by atoms with Crippen molar-refractivity contribution in [3.05, 3.63) is 105 Å². The summed E-state index contributed by atoms with van der Waals surface area (Å²) in [6.07, 6.45) is 0.413. The number of phenolic OH excluding ortho intramolecular Hbond substituents is 1. The number of H-pyrrole nitrogens is 1. The van der Waals surface area contributed by atoms with Crippen molar-refractivity contribution < 1.29 is 14.7 Å². The van der Waals surface area contributed by atoms with Crippen molar-refractivity contribution in [2.45, 2.75) is 33.7 Å². The number of carbonyl (C=O) groups is 2. The van der Waals surface area contributed by atoms with E-state index in [1.54, 1.807) is 12.1 Å². The van der Waals surface area contributed by atoms with Crippen molar-refractivity contribution in [2.75, 3.05) is 10.6 Å². The lowest BCUT2D eigenvalue weighted by atomic mass is 10.0. The Morgan fingerprint density at radius 3 is 2.19 bits per heavy atom. The zero-order chi connectivity index (χ0) is 25.8. The van der Waals surface area contributed by atoms with Gasteiger partial charge in [-0.15, -0.1) is 0 Å². The molecule has 8 heteroatoms. The van der Waals surface area contributed by atoms with Crippen LogP contribution in [0.3, 0.4) is 0 Å². The molecule has 0 spiro atoms. The van der Waals surface area contributed by atoms with Gasteiger partial charge < -0.3 is 21.5 Å². The average Bonchev–Trinajstić information content (AvgIpc) is 3.25. The number of aromatic nitrogens is 2. The van der Waals surface area contributed by atoms with Gasteiger partial charge in [0.1, 0.15) is 11.3 Å². The molecule has 0 bridgehead atoms.